The Hall–Kier alpha value is -2.59. The molecular weight excluding hydrogens is 427 g/mol. The second-order valence-corrected chi connectivity index (χ2v) is 7.53. The largest absolute Gasteiger partial charge is 0.408 e. The number of aromatic nitrogens is 1. The van der Waals surface area contributed by atoms with Crippen molar-refractivity contribution >= 4 is 23.4 Å². The van der Waals surface area contributed by atoms with Crippen molar-refractivity contribution in [3.63, 3.8) is 0 Å². The normalized spacial score (nSPS) is 18.0. The van der Waals surface area contributed by atoms with Crippen molar-refractivity contribution in [3.8, 4) is 11.3 Å². The number of rotatable bonds is 3. The van der Waals surface area contributed by atoms with E-state index in [1.807, 2.05) is 0 Å². The molecule has 0 saturated carbocycles. The van der Waals surface area contributed by atoms with E-state index in [2.05, 4.69) is 5.16 Å². The van der Waals surface area contributed by atoms with Crippen LogP contribution in [0.25, 0.3) is 11.3 Å². The van der Waals surface area contributed by atoms with Gasteiger partial charge in [-0.1, -0.05) is 16.8 Å². The molecule has 3 heterocycles. The van der Waals surface area contributed by atoms with Gasteiger partial charge in [-0.15, -0.1) is 0 Å². The molecule has 160 valence electrons. The molecule has 0 N–H and O–H groups in total. The first-order valence-electron chi connectivity index (χ1n) is 9.21. The maximum Gasteiger partial charge on any atom is 0.408 e. The fraction of sp³-hybridized carbons (Fsp3) is 0.421. The molecule has 11 heteroatoms. The van der Waals surface area contributed by atoms with Crippen LogP contribution in [0, 0.1) is 0 Å². The van der Waals surface area contributed by atoms with Crippen molar-refractivity contribution in [1.29, 1.82) is 0 Å². The first-order chi connectivity index (χ1) is 14.2. The molecule has 30 heavy (non-hydrogen) atoms. The molecule has 7 nitrogen and oxygen atoms in total. The van der Waals surface area contributed by atoms with Gasteiger partial charge in [0.05, 0.1) is 23.8 Å². The monoisotopic (exact) mass is 443 g/mol. The summed E-state index contributed by atoms with van der Waals surface area (Å²) in [7, 11) is 0. The second kappa shape index (κ2) is 7.59. The molecule has 2 aliphatic rings. The number of amides is 2. The standard InChI is InChI=1S/C19H17ClF3N3O4/c1-10(19(21,22)23)26-9-12-6-11(7-13(20)16(12)18(26)28)15-8-14(24-30-15)17(27)25-2-4-29-5-3-25/h6-8,10H,2-5,9H2,1H3/t10-/m0/s1. The van der Waals surface area contributed by atoms with E-state index in [0.29, 0.717) is 37.4 Å². The Labute approximate surface area is 174 Å². The molecule has 1 fully saturated rings. The summed E-state index contributed by atoms with van der Waals surface area (Å²) in [6.07, 6.45) is -4.55. The number of hydrogen-bond donors (Lipinski definition) is 0. The third-order valence-electron chi connectivity index (χ3n) is 5.24. The number of fused-ring (bicyclic) bond motifs is 1. The predicted molar refractivity (Wildman–Crippen MR) is 99.1 cm³/mol. The van der Waals surface area contributed by atoms with Crippen molar-refractivity contribution in [3.05, 3.63) is 40.0 Å². The zero-order valence-electron chi connectivity index (χ0n) is 15.8. The maximum atomic E-state index is 13.1. The number of benzene rings is 1. The minimum Gasteiger partial charge on any atom is -0.378 e. The zero-order valence-corrected chi connectivity index (χ0v) is 16.6. The molecule has 4 rings (SSSR count). The summed E-state index contributed by atoms with van der Waals surface area (Å²) < 4.78 is 49.7. The molecular formula is C19H17ClF3N3O4. The first kappa shape index (κ1) is 20.7. The maximum absolute atomic E-state index is 13.1. The van der Waals surface area contributed by atoms with Gasteiger partial charge in [-0.05, 0) is 24.6 Å². The molecule has 1 saturated heterocycles. The number of carbonyl (C=O) groups is 2. The fourth-order valence-corrected chi connectivity index (χ4v) is 3.82. The van der Waals surface area contributed by atoms with Crippen LogP contribution in [0.4, 0.5) is 13.2 Å². The van der Waals surface area contributed by atoms with Gasteiger partial charge in [0.25, 0.3) is 11.8 Å². The van der Waals surface area contributed by atoms with E-state index in [9.17, 15) is 22.8 Å². The van der Waals surface area contributed by atoms with Crippen molar-refractivity contribution < 1.29 is 32.0 Å². The number of morpholine rings is 1. The van der Waals surface area contributed by atoms with Gasteiger partial charge in [-0.2, -0.15) is 13.2 Å². The van der Waals surface area contributed by atoms with Crippen LogP contribution >= 0.6 is 11.6 Å². The first-order valence-corrected chi connectivity index (χ1v) is 9.59. The highest BCUT2D eigenvalue weighted by Crippen LogP contribution is 2.37. The number of hydrogen-bond acceptors (Lipinski definition) is 5. The summed E-state index contributed by atoms with van der Waals surface area (Å²) in [6.45, 7) is 2.48. The van der Waals surface area contributed by atoms with E-state index >= 15 is 0 Å². The van der Waals surface area contributed by atoms with Gasteiger partial charge in [0.15, 0.2) is 11.5 Å². The van der Waals surface area contributed by atoms with Gasteiger partial charge in [0.2, 0.25) is 0 Å². The lowest BCUT2D eigenvalue weighted by atomic mass is 10.0. The van der Waals surface area contributed by atoms with Crippen LogP contribution in [0.3, 0.4) is 0 Å². The van der Waals surface area contributed by atoms with Crippen LogP contribution in [-0.4, -0.2) is 65.3 Å². The van der Waals surface area contributed by atoms with Crippen LogP contribution in [0.5, 0.6) is 0 Å². The van der Waals surface area contributed by atoms with E-state index < -0.39 is 18.1 Å². The van der Waals surface area contributed by atoms with E-state index in [4.69, 9.17) is 20.9 Å². The summed E-state index contributed by atoms with van der Waals surface area (Å²) >= 11 is 6.22. The van der Waals surface area contributed by atoms with Crippen molar-refractivity contribution in [2.75, 3.05) is 26.3 Å². The lowest BCUT2D eigenvalue weighted by molar-refractivity contribution is -0.172. The Morgan fingerprint density at radius 1 is 1.23 bits per heavy atom. The molecule has 0 aliphatic carbocycles. The van der Waals surface area contributed by atoms with Crippen molar-refractivity contribution in [2.24, 2.45) is 0 Å². The van der Waals surface area contributed by atoms with E-state index in [1.54, 1.807) is 4.90 Å². The average Bonchev–Trinajstić information content (AvgIpc) is 3.32. The van der Waals surface area contributed by atoms with Gasteiger partial charge < -0.3 is 19.1 Å². The van der Waals surface area contributed by atoms with E-state index in [1.165, 1.54) is 18.2 Å². The SMILES string of the molecule is C[C@H](N1Cc2cc(-c3cc(C(=O)N4CCOCC4)no3)cc(Cl)c2C1=O)C(F)(F)F. The van der Waals surface area contributed by atoms with Gasteiger partial charge in [-0.25, -0.2) is 0 Å². The number of halogens is 4. The molecule has 0 spiro atoms. The predicted octanol–water partition coefficient (Wildman–Crippen LogP) is 3.37. The topological polar surface area (TPSA) is 75.9 Å². The molecule has 1 aromatic carbocycles. The Morgan fingerprint density at radius 2 is 1.93 bits per heavy atom. The molecule has 1 aromatic heterocycles. The van der Waals surface area contributed by atoms with Gasteiger partial charge in [-0.3, -0.25) is 9.59 Å². The molecule has 2 aromatic rings. The van der Waals surface area contributed by atoms with Crippen LogP contribution in [0.1, 0.15) is 33.3 Å². The van der Waals surface area contributed by atoms with E-state index in [-0.39, 0.29) is 34.5 Å². The summed E-state index contributed by atoms with van der Waals surface area (Å²) in [5, 5.41) is 3.82. The molecule has 0 radical (unpaired) electrons. The summed E-state index contributed by atoms with van der Waals surface area (Å²) in [5.74, 6) is -0.848. The third kappa shape index (κ3) is 3.65. The van der Waals surface area contributed by atoms with Crippen LogP contribution in [-0.2, 0) is 11.3 Å². The third-order valence-corrected chi connectivity index (χ3v) is 5.54. The van der Waals surface area contributed by atoms with Gasteiger partial charge in [0, 0.05) is 31.3 Å². The Bertz CT molecular complexity index is 1000. The lowest BCUT2D eigenvalue weighted by Crippen LogP contribution is -2.43. The summed E-state index contributed by atoms with van der Waals surface area (Å²) in [5.41, 5.74) is 0.921. The molecule has 0 bridgehead atoms. The van der Waals surface area contributed by atoms with E-state index in [0.717, 1.165) is 11.8 Å². The Balaban J connectivity index is 1.60. The molecule has 2 amide bonds. The lowest BCUT2D eigenvalue weighted by Gasteiger charge is -2.26. The summed E-state index contributed by atoms with van der Waals surface area (Å²) in [6, 6.07) is 2.46. The van der Waals surface area contributed by atoms with Gasteiger partial charge in [0.1, 0.15) is 6.04 Å². The molecule has 1 atom stereocenters. The minimum atomic E-state index is -4.55. The van der Waals surface area contributed by atoms with Crippen molar-refractivity contribution in [2.45, 2.75) is 25.7 Å². The van der Waals surface area contributed by atoms with Crippen LogP contribution < -0.4 is 0 Å². The van der Waals surface area contributed by atoms with Crippen molar-refractivity contribution in [1.82, 2.24) is 15.0 Å². The summed E-state index contributed by atoms with van der Waals surface area (Å²) in [4.78, 5) is 27.3. The Morgan fingerprint density at radius 3 is 2.60 bits per heavy atom. The highest BCUT2D eigenvalue weighted by Gasteiger charge is 2.45. The highest BCUT2D eigenvalue weighted by atomic mass is 35.5. The van der Waals surface area contributed by atoms with Crippen LogP contribution in [0.15, 0.2) is 22.7 Å². The number of ether oxygens (including phenoxy) is 1. The Kier molecular flexibility index (Phi) is 5.23. The van der Waals surface area contributed by atoms with Gasteiger partial charge >= 0.3 is 6.18 Å². The average molecular weight is 444 g/mol. The highest BCUT2D eigenvalue weighted by molar-refractivity contribution is 6.34. The number of alkyl halides is 3. The smallest absolute Gasteiger partial charge is 0.378 e. The minimum absolute atomic E-state index is 0.0156. The fourth-order valence-electron chi connectivity index (χ4n) is 3.50. The number of carbonyl (C=O) groups excluding carboxylic acids is 2. The molecule has 0 unspecified atom stereocenters. The quantitative estimate of drug-likeness (QED) is 0.727. The number of nitrogens with zero attached hydrogens (tertiary/aromatic N) is 3. The zero-order chi connectivity index (χ0) is 21.6. The molecule has 2 aliphatic heterocycles. The van der Waals surface area contributed by atoms with Crippen LogP contribution in [0.2, 0.25) is 5.02 Å². The second-order valence-electron chi connectivity index (χ2n) is 7.12.